The molecule has 0 heterocycles. The van der Waals surface area contributed by atoms with Gasteiger partial charge in [0, 0.05) is 0 Å². The first-order valence-corrected chi connectivity index (χ1v) is 9.15. The van der Waals surface area contributed by atoms with Crippen LogP contribution in [-0.2, 0) is 10.1 Å². The topological polar surface area (TPSA) is 77.4 Å². The predicted octanol–water partition coefficient (Wildman–Crippen LogP) is 0.208. The minimum atomic E-state index is -4.29. The molecule has 1 unspecified atom stereocenters. The van der Waals surface area contributed by atoms with Crippen LogP contribution in [0.25, 0.3) is 0 Å². The van der Waals surface area contributed by atoms with Crippen LogP contribution in [0, 0.1) is 0 Å². The second-order valence-electron chi connectivity index (χ2n) is 5.35. The molecule has 1 atom stereocenters. The minimum Gasteiger partial charge on any atom is -0.748 e. The summed E-state index contributed by atoms with van der Waals surface area (Å²) in [7, 11) is -4.29. The molecule has 1 N–H and O–H groups in total. The van der Waals surface area contributed by atoms with E-state index in [9.17, 15) is 18.1 Å². The second-order valence-corrected chi connectivity index (χ2v) is 6.80. The third kappa shape index (κ3) is 19.5. The summed E-state index contributed by atoms with van der Waals surface area (Å²) < 4.78 is 31.2. The Bertz CT molecular complexity index is 294. The Morgan fingerprint density at radius 1 is 0.900 bits per heavy atom. The molecule has 0 saturated carbocycles. The Morgan fingerprint density at radius 2 is 1.30 bits per heavy atom. The van der Waals surface area contributed by atoms with Crippen molar-refractivity contribution in [1.82, 2.24) is 0 Å². The summed E-state index contributed by atoms with van der Waals surface area (Å²) in [5.74, 6) is -0.648. The molecule has 0 aromatic rings. The molecule has 0 radical (unpaired) electrons. The fourth-order valence-electron chi connectivity index (χ4n) is 2.19. The molecule has 0 spiro atoms. The molecule has 4 nitrogen and oxygen atoms in total. The molecule has 0 aromatic carbocycles. The third-order valence-electron chi connectivity index (χ3n) is 3.29. The van der Waals surface area contributed by atoms with E-state index in [0.717, 1.165) is 19.3 Å². The van der Waals surface area contributed by atoms with Crippen molar-refractivity contribution in [3.05, 3.63) is 0 Å². The van der Waals surface area contributed by atoms with Crippen LogP contribution in [-0.4, -0.2) is 29.9 Å². The number of aliphatic hydroxyl groups excluding tert-OH is 1. The van der Waals surface area contributed by atoms with Gasteiger partial charge in [0.05, 0.1) is 22.0 Å². The van der Waals surface area contributed by atoms with E-state index in [1.165, 1.54) is 44.9 Å². The van der Waals surface area contributed by atoms with E-state index in [2.05, 4.69) is 6.92 Å². The smallest absolute Gasteiger partial charge is 0.748 e. The second kappa shape index (κ2) is 15.4. The van der Waals surface area contributed by atoms with Crippen molar-refractivity contribution < 1.29 is 69.5 Å². The quantitative estimate of drug-likeness (QED) is 0.297. The molecule has 0 bridgehead atoms. The van der Waals surface area contributed by atoms with Gasteiger partial charge < -0.3 is 9.66 Å². The standard InChI is InChI=1S/C14H30O4S.K/c1-2-3-4-5-6-7-8-9-10-11-12-14(15)13-19(16,17)18;/h14-15H,2-13H2,1H3,(H,16,17,18);/q;+1/p-1. The van der Waals surface area contributed by atoms with Crippen molar-refractivity contribution in [3.63, 3.8) is 0 Å². The zero-order chi connectivity index (χ0) is 14.6. The molecule has 0 aliphatic rings. The van der Waals surface area contributed by atoms with Crippen LogP contribution in [0.2, 0.25) is 0 Å². The van der Waals surface area contributed by atoms with Crippen molar-refractivity contribution in [2.24, 2.45) is 0 Å². The molecule has 0 aliphatic heterocycles. The summed E-state index contributed by atoms with van der Waals surface area (Å²) in [6.07, 6.45) is 11.4. The molecule has 0 aliphatic carbocycles. The van der Waals surface area contributed by atoms with E-state index in [4.69, 9.17) is 0 Å². The zero-order valence-electron chi connectivity index (χ0n) is 13.1. The van der Waals surface area contributed by atoms with Gasteiger partial charge in [0.25, 0.3) is 0 Å². The Morgan fingerprint density at radius 3 is 1.70 bits per heavy atom. The predicted molar refractivity (Wildman–Crippen MR) is 77.0 cm³/mol. The summed E-state index contributed by atoms with van der Waals surface area (Å²) in [6.45, 7) is 2.21. The van der Waals surface area contributed by atoms with Gasteiger partial charge in [-0.05, 0) is 6.42 Å². The van der Waals surface area contributed by atoms with E-state index in [1.54, 1.807) is 0 Å². The van der Waals surface area contributed by atoms with Crippen molar-refractivity contribution in [1.29, 1.82) is 0 Å². The van der Waals surface area contributed by atoms with Gasteiger partial charge in [-0.1, -0.05) is 71.1 Å². The first kappa shape index (κ1) is 23.8. The van der Waals surface area contributed by atoms with Gasteiger partial charge in [-0.15, -0.1) is 0 Å². The minimum absolute atomic E-state index is 0. The zero-order valence-corrected chi connectivity index (χ0v) is 17.1. The Balaban J connectivity index is 0. The van der Waals surface area contributed by atoms with E-state index in [1.807, 2.05) is 0 Å². The van der Waals surface area contributed by atoms with Gasteiger partial charge in [-0.25, -0.2) is 8.42 Å². The molecule has 0 saturated heterocycles. The van der Waals surface area contributed by atoms with Crippen LogP contribution in [0.3, 0.4) is 0 Å². The Labute approximate surface area is 167 Å². The molecule has 6 heteroatoms. The van der Waals surface area contributed by atoms with Gasteiger partial charge in [-0.2, -0.15) is 0 Å². The monoisotopic (exact) mass is 332 g/mol. The fourth-order valence-corrected chi connectivity index (χ4v) is 2.82. The molecule has 0 fully saturated rings. The van der Waals surface area contributed by atoms with E-state index >= 15 is 0 Å². The molecular formula is C14H29KO4S. The summed E-state index contributed by atoms with van der Waals surface area (Å²) in [6, 6.07) is 0. The van der Waals surface area contributed by atoms with Gasteiger partial charge in [0.1, 0.15) is 0 Å². The Kier molecular flexibility index (Phi) is 18.3. The SMILES string of the molecule is CCCCCCCCCCCCC(O)CS(=O)(=O)[O-].[K+]. The maximum absolute atomic E-state index is 10.4. The molecular weight excluding hydrogens is 303 g/mol. The fraction of sp³-hybridized carbons (Fsp3) is 1.00. The Hall–Kier alpha value is 1.51. The van der Waals surface area contributed by atoms with Gasteiger partial charge in [0.15, 0.2) is 0 Å². The summed E-state index contributed by atoms with van der Waals surface area (Å²) in [5, 5.41) is 9.33. The van der Waals surface area contributed by atoms with Crippen molar-refractivity contribution >= 4 is 10.1 Å². The van der Waals surface area contributed by atoms with Gasteiger partial charge >= 0.3 is 51.4 Å². The van der Waals surface area contributed by atoms with Crippen molar-refractivity contribution in [2.75, 3.05) is 5.75 Å². The van der Waals surface area contributed by atoms with E-state index < -0.39 is 22.0 Å². The molecule has 0 rings (SSSR count). The number of unbranched alkanes of at least 4 members (excludes halogenated alkanes) is 9. The number of hydrogen-bond donors (Lipinski definition) is 1. The normalized spacial score (nSPS) is 12.9. The van der Waals surface area contributed by atoms with Crippen LogP contribution < -0.4 is 51.4 Å². The van der Waals surface area contributed by atoms with Gasteiger partial charge in [0.2, 0.25) is 0 Å². The summed E-state index contributed by atoms with van der Waals surface area (Å²) >= 11 is 0. The van der Waals surface area contributed by atoms with Crippen LogP contribution in [0.1, 0.15) is 77.6 Å². The first-order chi connectivity index (χ1) is 8.95. The summed E-state index contributed by atoms with van der Waals surface area (Å²) in [5.41, 5.74) is 0. The van der Waals surface area contributed by atoms with E-state index in [0.29, 0.717) is 6.42 Å². The van der Waals surface area contributed by atoms with Gasteiger partial charge in [-0.3, -0.25) is 0 Å². The molecule has 20 heavy (non-hydrogen) atoms. The molecule has 116 valence electrons. The van der Waals surface area contributed by atoms with Crippen LogP contribution in [0.15, 0.2) is 0 Å². The number of rotatable bonds is 13. The van der Waals surface area contributed by atoms with Crippen LogP contribution in [0.5, 0.6) is 0 Å². The maximum Gasteiger partial charge on any atom is 1.00 e. The summed E-state index contributed by atoms with van der Waals surface area (Å²) in [4.78, 5) is 0. The average molecular weight is 333 g/mol. The maximum atomic E-state index is 10.4. The number of hydrogen-bond acceptors (Lipinski definition) is 4. The first-order valence-electron chi connectivity index (χ1n) is 7.57. The van der Waals surface area contributed by atoms with E-state index in [-0.39, 0.29) is 51.4 Å². The molecule has 0 aromatic heterocycles. The van der Waals surface area contributed by atoms with Crippen LogP contribution >= 0.6 is 0 Å². The van der Waals surface area contributed by atoms with Crippen LogP contribution in [0.4, 0.5) is 0 Å². The number of aliphatic hydroxyl groups is 1. The van der Waals surface area contributed by atoms with Crippen molar-refractivity contribution in [3.8, 4) is 0 Å². The largest absolute Gasteiger partial charge is 1.00 e. The third-order valence-corrected chi connectivity index (χ3v) is 4.08. The van der Waals surface area contributed by atoms with Crippen molar-refractivity contribution in [2.45, 2.75) is 83.7 Å². The molecule has 0 amide bonds. The average Bonchev–Trinajstić information content (AvgIpc) is 2.29.